The zero-order valence-electron chi connectivity index (χ0n) is 14.0. The zero-order valence-corrected chi connectivity index (χ0v) is 14.8. The highest BCUT2D eigenvalue weighted by Gasteiger charge is 2.22. The molecule has 25 heavy (non-hydrogen) atoms. The van der Waals surface area contributed by atoms with E-state index in [-0.39, 0.29) is 11.8 Å². The summed E-state index contributed by atoms with van der Waals surface area (Å²) in [4.78, 5) is 29.5. The number of rotatable bonds is 4. The number of fused-ring (bicyclic) bond motifs is 1. The second kappa shape index (κ2) is 6.98. The zero-order chi connectivity index (χ0) is 17.2. The molecule has 1 saturated heterocycles. The Morgan fingerprint density at radius 1 is 1.12 bits per heavy atom. The van der Waals surface area contributed by atoms with Gasteiger partial charge in [0, 0.05) is 42.3 Å². The van der Waals surface area contributed by atoms with Crippen LogP contribution >= 0.6 is 11.3 Å². The average molecular weight is 355 g/mol. The Kier molecular flexibility index (Phi) is 4.55. The molecule has 2 amide bonds. The fourth-order valence-electron chi connectivity index (χ4n) is 3.49. The van der Waals surface area contributed by atoms with E-state index in [2.05, 4.69) is 21.7 Å². The molecule has 1 aromatic carbocycles. The summed E-state index contributed by atoms with van der Waals surface area (Å²) in [6.45, 7) is 2.96. The topological polar surface area (TPSA) is 52.7 Å². The molecule has 6 heteroatoms. The maximum absolute atomic E-state index is 12.3. The van der Waals surface area contributed by atoms with E-state index in [9.17, 15) is 9.59 Å². The minimum atomic E-state index is 0.00341. The molecule has 0 atom stereocenters. The number of hydrogen-bond acceptors (Lipinski definition) is 4. The molecule has 1 fully saturated rings. The molecule has 4 rings (SSSR count). The lowest BCUT2D eigenvalue weighted by Crippen LogP contribution is -2.36. The molecule has 2 aliphatic heterocycles. The number of anilines is 2. The van der Waals surface area contributed by atoms with Gasteiger partial charge in [-0.05, 0) is 54.1 Å². The van der Waals surface area contributed by atoms with Gasteiger partial charge >= 0.3 is 0 Å². The number of nitrogens with zero attached hydrogens (tertiary/aromatic N) is 2. The van der Waals surface area contributed by atoms with Crippen molar-refractivity contribution in [2.24, 2.45) is 0 Å². The number of hydrogen-bond donors (Lipinski definition) is 1. The molecule has 2 aromatic rings. The van der Waals surface area contributed by atoms with E-state index in [1.54, 1.807) is 16.2 Å². The molecule has 0 spiro atoms. The van der Waals surface area contributed by atoms with Crippen LogP contribution < -0.4 is 10.2 Å². The fourth-order valence-corrected chi connectivity index (χ4v) is 4.38. The fraction of sp³-hybridized carbons (Fsp3) is 0.368. The van der Waals surface area contributed by atoms with E-state index >= 15 is 0 Å². The molecule has 0 aliphatic carbocycles. The van der Waals surface area contributed by atoms with E-state index in [0.29, 0.717) is 13.0 Å². The van der Waals surface area contributed by atoms with Gasteiger partial charge in [0.15, 0.2) is 0 Å². The van der Waals surface area contributed by atoms with Crippen LogP contribution in [0.15, 0.2) is 35.7 Å². The molecule has 3 heterocycles. The third-order valence-electron chi connectivity index (χ3n) is 4.79. The number of carbonyl (C=O) groups excluding carboxylic acids is 2. The number of thiophene rings is 1. The highest BCUT2D eigenvalue weighted by Crippen LogP contribution is 2.25. The van der Waals surface area contributed by atoms with E-state index in [1.807, 2.05) is 24.3 Å². The number of nitrogens with one attached hydrogen (secondary N) is 1. The van der Waals surface area contributed by atoms with Crippen LogP contribution in [0, 0.1) is 0 Å². The van der Waals surface area contributed by atoms with Gasteiger partial charge in [-0.1, -0.05) is 0 Å². The lowest BCUT2D eigenvalue weighted by atomic mass is 10.1. The van der Waals surface area contributed by atoms with Gasteiger partial charge < -0.3 is 10.2 Å². The van der Waals surface area contributed by atoms with Crippen molar-refractivity contribution in [3.63, 3.8) is 0 Å². The maximum Gasteiger partial charge on any atom is 0.238 e. The predicted molar refractivity (Wildman–Crippen MR) is 100.0 cm³/mol. The predicted octanol–water partition coefficient (Wildman–Crippen LogP) is 2.87. The summed E-state index contributed by atoms with van der Waals surface area (Å²) < 4.78 is 0. The standard InChI is InChI=1S/C19H21N3O2S/c23-18(13-21-10-7-17-14(12-21)8-11-25-17)20-15-3-5-16(6-4-15)22-9-1-2-19(22)24/h3-6,8,11H,1-2,7,9-10,12-13H2,(H,20,23). The lowest BCUT2D eigenvalue weighted by molar-refractivity contribution is -0.118. The first-order valence-electron chi connectivity index (χ1n) is 8.67. The minimum absolute atomic E-state index is 0.00341. The Hall–Kier alpha value is -2.18. The van der Waals surface area contributed by atoms with Gasteiger partial charge in [0.1, 0.15) is 0 Å². The molecule has 0 bridgehead atoms. The van der Waals surface area contributed by atoms with Crippen molar-refractivity contribution in [1.29, 1.82) is 0 Å². The summed E-state index contributed by atoms with van der Waals surface area (Å²) >= 11 is 1.81. The quantitative estimate of drug-likeness (QED) is 0.917. The van der Waals surface area contributed by atoms with Crippen LogP contribution in [0.5, 0.6) is 0 Å². The van der Waals surface area contributed by atoms with Crippen molar-refractivity contribution in [2.45, 2.75) is 25.8 Å². The summed E-state index contributed by atoms with van der Waals surface area (Å²) in [5, 5.41) is 5.08. The molecular weight excluding hydrogens is 334 g/mol. The largest absolute Gasteiger partial charge is 0.325 e. The second-order valence-electron chi connectivity index (χ2n) is 6.57. The lowest BCUT2D eigenvalue weighted by Gasteiger charge is -2.26. The van der Waals surface area contributed by atoms with E-state index < -0.39 is 0 Å². The number of benzene rings is 1. The molecule has 0 radical (unpaired) electrons. The van der Waals surface area contributed by atoms with Crippen molar-refractivity contribution in [3.05, 3.63) is 46.2 Å². The maximum atomic E-state index is 12.3. The van der Waals surface area contributed by atoms with Crippen LogP contribution in [-0.4, -0.2) is 36.3 Å². The van der Waals surface area contributed by atoms with Crippen molar-refractivity contribution in [2.75, 3.05) is 29.9 Å². The Bertz CT molecular complexity index is 784. The first-order valence-corrected chi connectivity index (χ1v) is 9.55. The Morgan fingerprint density at radius 2 is 1.96 bits per heavy atom. The van der Waals surface area contributed by atoms with Gasteiger partial charge in [-0.25, -0.2) is 0 Å². The van der Waals surface area contributed by atoms with E-state index in [0.717, 1.165) is 43.9 Å². The van der Waals surface area contributed by atoms with Crippen molar-refractivity contribution in [3.8, 4) is 0 Å². The molecular formula is C19H21N3O2S. The van der Waals surface area contributed by atoms with Gasteiger partial charge in [-0.15, -0.1) is 11.3 Å². The van der Waals surface area contributed by atoms with Crippen LogP contribution in [-0.2, 0) is 22.6 Å². The molecule has 2 aliphatic rings. The molecule has 0 saturated carbocycles. The number of carbonyl (C=O) groups is 2. The summed E-state index contributed by atoms with van der Waals surface area (Å²) in [7, 11) is 0. The van der Waals surface area contributed by atoms with Gasteiger partial charge in [0.25, 0.3) is 0 Å². The van der Waals surface area contributed by atoms with Gasteiger partial charge in [-0.2, -0.15) is 0 Å². The smallest absolute Gasteiger partial charge is 0.238 e. The van der Waals surface area contributed by atoms with E-state index in [4.69, 9.17) is 0 Å². The molecule has 1 aromatic heterocycles. The van der Waals surface area contributed by atoms with Crippen LogP contribution in [0.25, 0.3) is 0 Å². The summed E-state index contributed by atoms with van der Waals surface area (Å²) in [6.07, 6.45) is 2.57. The third-order valence-corrected chi connectivity index (χ3v) is 5.81. The summed E-state index contributed by atoms with van der Waals surface area (Å²) in [6, 6.07) is 9.69. The van der Waals surface area contributed by atoms with Gasteiger partial charge in [-0.3, -0.25) is 14.5 Å². The van der Waals surface area contributed by atoms with Crippen LogP contribution in [0.2, 0.25) is 0 Å². The summed E-state index contributed by atoms with van der Waals surface area (Å²) in [5.41, 5.74) is 3.03. The highest BCUT2D eigenvalue weighted by atomic mass is 32.1. The third kappa shape index (κ3) is 3.60. The van der Waals surface area contributed by atoms with Crippen molar-refractivity contribution in [1.82, 2.24) is 4.90 Å². The molecule has 5 nitrogen and oxygen atoms in total. The molecule has 130 valence electrons. The van der Waals surface area contributed by atoms with Crippen molar-refractivity contribution >= 4 is 34.5 Å². The SMILES string of the molecule is O=C(CN1CCc2sccc2C1)Nc1ccc(N2CCCC2=O)cc1. The Labute approximate surface area is 151 Å². The van der Waals surface area contributed by atoms with Gasteiger partial charge in [0.2, 0.25) is 11.8 Å². The molecule has 0 unspecified atom stereocenters. The minimum Gasteiger partial charge on any atom is -0.325 e. The summed E-state index contributed by atoms with van der Waals surface area (Å²) in [5.74, 6) is 0.179. The molecule has 1 N–H and O–H groups in total. The second-order valence-corrected chi connectivity index (χ2v) is 7.57. The van der Waals surface area contributed by atoms with Crippen molar-refractivity contribution < 1.29 is 9.59 Å². The Morgan fingerprint density at radius 3 is 2.72 bits per heavy atom. The van der Waals surface area contributed by atoms with Crippen LogP contribution in [0.4, 0.5) is 11.4 Å². The average Bonchev–Trinajstić information content (AvgIpc) is 3.24. The normalized spacial score (nSPS) is 17.6. The van der Waals surface area contributed by atoms with Crippen LogP contribution in [0.3, 0.4) is 0 Å². The van der Waals surface area contributed by atoms with Crippen LogP contribution in [0.1, 0.15) is 23.3 Å². The number of amides is 2. The van der Waals surface area contributed by atoms with E-state index in [1.165, 1.54) is 10.4 Å². The highest BCUT2D eigenvalue weighted by molar-refractivity contribution is 7.10. The van der Waals surface area contributed by atoms with Gasteiger partial charge in [0.05, 0.1) is 6.54 Å². The Balaban J connectivity index is 1.33. The first-order chi connectivity index (χ1) is 12.2. The monoisotopic (exact) mass is 355 g/mol. The first kappa shape index (κ1) is 16.3.